The number of nitrogens with two attached hydrogens (primary N) is 1. The molecule has 76 valence electrons. The number of rotatable bonds is 2. The predicted molar refractivity (Wildman–Crippen MR) is 50.0 cm³/mol. The molecule has 13 heavy (non-hydrogen) atoms. The Kier molecular flexibility index (Phi) is 3.69. The van der Waals surface area contributed by atoms with Gasteiger partial charge in [0.15, 0.2) is 0 Å². The Morgan fingerprint density at radius 2 is 2.38 bits per heavy atom. The fraction of sp³-hybridized carbons (Fsp3) is 0.889. The van der Waals surface area contributed by atoms with Gasteiger partial charge in [-0.3, -0.25) is 4.79 Å². The number of primary amides is 1. The van der Waals surface area contributed by atoms with Crippen LogP contribution in [0.4, 0.5) is 0 Å². The summed E-state index contributed by atoms with van der Waals surface area (Å²) in [7, 11) is 0. The van der Waals surface area contributed by atoms with Crippen LogP contribution < -0.4 is 11.1 Å². The first-order chi connectivity index (χ1) is 6.11. The van der Waals surface area contributed by atoms with Crippen LogP contribution in [0.3, 0.4) is 0 Å². The minimum atomic E-state index is -0.290. The molecular weight excluding hydrogens is 168 g/mol. The molecule has 0 saturated carbocycles. The van der Waals surface area contributed by atoms with Gasteiger partial charge in [0.1, 0.15) is 0 Å². The summed E-state index contributed by atoms with van der Waals surface area (Å²) in [6.07, 6.45) is 1.15. The van der Waals surface area contributed by atoms with Gasteiger partial charge in [-0.2, -0.15) is 0 Å². The molecule has 3 atom stereocenters. The molecule has 0 aromatic rings. The van der Waals surface area contributed by atoms with E-state index in [1.54, 1.807) is 0 Å². The van der Waals surface area contributed by atoms with Gasteiger partial charge in [0.25, 0.3) is 0 Å². The van der Waals surface area contributed by atoms with Gasteiger partial charge in [-0.1, -0.05) is 6.92 Å². The van der Waals surface area contributed by atoms with Crippen molar-refractivity contribution in [2.75, 3.05) is 13.1 Å². The first kappa shape index (κ1) is 10.5. The van der Waals surface area contributed by atoms with E-state index in [1.165, 1.54) is 0 Å². The minimum Gasteiger partial charge on any atom is -0.393 e. The third-order valence-corrected chi connectivity index (χ3v) is 2.79. The molecule has 1 fully saturated rings. The predicted octanol–water partition coefficient (Wildman–Crippen LogP) is -0.532. The van der Waals surface area contributed by atoms with Gasteiger partial charge in [0.05, 0.1) is 6.10 Å². The van der Waals surface area contributed by atoms with E-state index >= 15 is 0 Å². The van der Waals surface area contributed by atoms with Crippen LogP contribution in [0.5, 0.6) is 0 Å². The number of carbonyl (C=O) groups is 1. The smallest absolute Gasteiger partial charge is 0.220 e. The lowest BCUT2D eigenvalue weighted by atomic mass is 9.88. The molecule has 1 aliphatic heterocycles. The highest BCUT2D eigenvalue weighted by Gasteiger charge is 2.26. The Balaban J connectivity index is 2.51. The van der Waals surface area contributed by atoms with Crippen LogP contribution in [0.2, 0.25) is 0 Å². The fourth-order valence-electron chi connectivity index (χ4n) is 1.72. The van der Waals surface area contributed by atoms with Crippen LogP contribution in [0, 0.1) is 11.8 Å². The van der Waals surface area contributed by atoms with E-state index < -0.39 is 0 Å². The molecular formula is C9H18N2O2. The zero-order chi connectivity index (χ0) is 9.84. The van der Waals surface area contributed by atoms with Crippen molar-refractivity contribution < 1.29 is 9.90 Å². The molecule has 3 unspecified atom stereocenters. The molecule has 4 heteroatoms. The standard InChI is InChI=1S/C9H18N2O2/c1-6(9(10)13)7-4-8(12)2-3-11-5-7/h6-8,11-12H,2-5H2,1H3,(H2,10,13). The van der Waals surface area contributed by atoms with Crippen LogP contribution in [0.15, 0.2) is 0 Å². The zero-order valence-electron chi connectivity index (χ0n) is 7.99. The summed E-state index contributed by atoms with van der Waals surface area (Å²) >= 11 is 0. The first-order valence-corrected chi connectivity index (χ1v) is 4.79. The summed E-state index contributed by atoms with van der Waals surface area (Å²) in [5.41, 5.74) is 5.21. The van der Waals surface area contributed by atoms with E-state index in [0.717, 1.165) is 19.5 Å². The Morgan fingerprint density at radius 3 is 3.00 bits per heavy atom. The summed E-state index contributed by atoms with van der Waals surface area (Å²) in [6.45, 7) is 3.43. The van der Waals surface area contributed by atoms with Gasteiger partial charge >= 0.3 is 0 Å². The van der Waals surface area contributed by atoms with Crippen molar-refractivity contribution in [3.05, 3.63) is 0 Å². The highest BCUT2D eigenvalue weighted by molar-refractivity contribution is 5.76. The van der Waals surface area contributed by atoms with E-state index in [-0.39, 0.29) is 23.8 Å². The third-order valence-electron chi connectivity index (χ3n) is 2.79. The lowest BCUT2D eigenvalue weighted by Gasteiger charge is -2.20. The first-order valence-electron chi connectivity index (χ1n) is 4.79. The maximum Gasteiger partial charge on any atom is 0.220 e. The number of aliphatic hydroxyl groups is 1. The SMILES string of the molecule is CC(C(N)=O)C1CNCCC(O)C1. The van der Waals surface area contributed by atoms with E-state index in [0.29, 0.717) is 6.42 Å². The Morgan fingerprint density at radius 1 is 1.69 bits per heavy atom. The fourth-order valence-corrected chi connectivity index (χ4v) is 1.72. The second kappa shape index (κ2) is 4.58. The number of aliphatic hydroxyl groups excluding tert-OH is 1. The number of hydrogen-bond donors (Lipinski definition) is 3. The summed E-state index contributed by atoms with van der Waals surface area (Å²) in [4.78, 5) is 10.9. The molecule has 0 radical (unpaired) electrons. The van der Waals surface area contributed by atoms with Gasteiger partial charge in [0, 0.05) is 5.92 Å². The van der Waals surface area contributed by atoms with Gasteiger partial charge in [0.2, 0.25) is 5.91 Å². The van der Waals surface area contributed by atoms with Gasteiger partial charge in [-0.05, 0) is 31.8 Å². The lowest BCUT2D eigenvalue weighted by molar-refractivity contribution is -0.123. The second-order valence-electron chi connectivity index (χ2n) is 3.83. The molecule has 0 aromatic carbocycles. The second-order valence-corrected chi connectivity index (χ2v) is 3.83. The molecule has 1 amide bonds. The van der Waals surface area contributed by atoms with Crippen LogP contribution in [-0.4, -0.2) is 30.2 Å². The Bertz CT molecular complexity index is 184. The van der Waals surface area contributed by atoms with Gasteiger partial charge in [-0.15, -0.1) is 0 Å². The monoisotopic (exact) mass is 186 g/mol. The minimum absolute atomic E-state index is 0.153. The lowest BCUT2D eigenvalue weighted by Crippen LogP contribution is -2.33. The molecule has 0 bridgehead atoms. The zero-order valence-corrected chi connectivity index (χ0v) is 7.99. The highest BCUT2D eigenvalue weighted by Crippen LogP contribution is 2.20. The maximum absolute atomic E-state index is 10.9. The van der Waals surface area contributed by atoms with Crippen molar-refractivity contribution in [3.63, 3.8) is 0 Å². The Labute approximate surface area is 78.5 Å². The summed E-state index contributed by atoms with van der Waals surface area (Å²) < 4.78 is 0. The van der Waals surface area contributed by atoms with Crippen LogP contribution >= 0.6 is 0 Å². The van der Waals surface area contributed by atoms with Gasteiger partial charge in [-0.25, -0.2) is 0 Å². The number of hydrogen-bond acceptors (Lipinski definition) is 3. The van der Waals surface area contributed by atoms with E-state index in [4.69, 9.17) is 5.73 Å². The molecule has 0 spiro atoms. The molecule has 4 N–H and O–H groups in total. The van der Waals surface area contributed by atoms with Crippen LogP contribution in [-0.2, 0) is 4.79 Å². The van der Waals surface area contributed by atoms with Crippen molar-refractivity contribution in [1.29, 1.82) is 0 Å². The quantitative estimate of drug-likeness (QED) is 0.542. The third kappa shape index (κ3) is 2.97. The van der Waals surface area contributed by atoms with Crippen LogP contribution in [0.1, 0.15) is 19.8 Å². The summed E-state index contributed by atoms with van der Waals surface area (Å²) in [5, 5.41) is 12.7. The summed E-state index contributed by atoms with van der Waals surface area (Å²) in [6, 6.07) is 0. The van der Waals surface area contributed by atoms with E-state index in [1.807, 2.05) is 6.92 Å². The molecule has 1 saturated heterocycles. The van der Waals surface area contributed by atoms with Crippen molar-refractivity contribution in [2.45, 2.75) is 25.9 Å². The largest absolute Gasteiger partial charge is 0.393 e. The molecule has 4 nitrogen and oxygen atoms in total. The van der Waals surface area contributed by atoms with Crippen LogP contribution in [0.25, 0.3) is 0 Å². The number of nitrogens with one attached hydrogen (secondary N) is 1. The van der Waals surface area contributed by atoms with Crippen molar-refractivity contribution in [2.24, 2.45) is 17.6 Å². The number of carbonyl (C=O) groups excluding carboxylic acids is 1. The van der Waals surface area contributed by atoms with E-state index in [9.17, 15) is 9.90 Å². The molecule has 1 rings (SSSR count). The topological polar surface area (TPSA) is 75.4 Å². The summed E-state index contributed by atoms with van der Waals surface area (Å²) in [5.74, 6) is -0.254. The Hall–Kier alpha value is -0.610. The molecule has 0 aromatic heterocycles. The van der Waals surface area contributed by atoms with Gasteiger partial charge < -0.3 is 16.2 Å². The van der Waals surface area contributed by atoms with Crippen molar-refractivity contribution >= 4 is 5.91 Å². The highest BCUT2D eigenvalue weighted by atomic mass is 16.3. The molecule has 1 aliphatic rings. The average Bonchev–Trinajstić information content (AvgIpc) is 2.28. The maximum atomic E-state index is 10.9. The molecule has 0 aliphatic carbocycles. The molecule has 1 heterocycles. The van der Waals surface area contributed by atoms with Crippen molar-refractivity contribution in [1.82, 2.24) is 5.32 Å². The van der Waals surface area contributed by atoms with E-state index in [2.05, 4.69) is 5.32 Å². The van der Waals surface area contributed by atoms with Crippen molar-refractivity contribution in [3.8, 4) is 0 Å². The number of amides is 1. The normalized spacial score (nSPS) is 32.2. The average molecular weight is 186 g/mol.